The highest BCUT2D eigenvalue weighted by Gasteiger charge is 2.33. The van der Waals surface area contributed by atoms with Gasteiger partial charge in [0.1, 0.15) is 11.4 Å². The van der Waals surface area contributed by atoms with Gasteiger partial charge in [-0.25, -0.2) is 0 Å². The molecule has 1 heteroatoms. The average Bonchev–Trinajstić information content (AvgIpc) is 2.45. The van der Waals surface area contributed by atoms with E-state index in [0.29, 0.717) is 0 Å². The molecule has 0 N–H and O–H groups in total. The monoisotopic (exact) mass is 246 g/mol. The summed E-state index contributed by atoms with van der Waals surface area (Å²) >= 11 is 0. The molecule has 0 amide bonds. The zero-order valence-electron chi connectivity index (χ0n) is 11.2. The highest BCUT2D eigenvalue weighted by atomic mass is 15.3. The van der Waals surface area contributed by atoms with Crippen molar-refractivity contribution < 1.29 is 0 Å². The summed E-state index contributed by atoms with van der Waals surface area (Å²) in [6.45, 7) is 0. The molecule has 0 aromatic heterocycles. The Morgan fingerprint density at radius 1 is 0.632 bits per heavy atom. The Balaban J connectivity index is 2.28. The fourth-order valence-corrected chi connectivity index (χ4v) is 3.33. The van der Waals surface area contributed by atoms with Crippen LogP contribution in [0, 0.1) is 0 Å². The van der Waals surface area contributed by atoms with Crippen molar-refractivity contribution in [2.45, 2.75) is 0 Å². The maximum Gasteiger partial charge on any atom is 0.146 e. The average molecular weight is 246 g/mol. The van der Waals surface area contributed by atoms with Crippen LogP contribution in [0.1, 0.15) is 0 Å². The summed E-state index contributed by atoms with van der Waals surface area (Å²) in [6, 6.07) is 22.0. The Labute approximate surface area is 113 Å². The summed E-state index contributed by atoms with van der Waals surface area (Å²) in [5.41, 5.74) is 5.47. The van der Waals surface area contributed by atoms with E-state index in [1.54, 1.807) is 0 Å². The van der Waals surface area contributed by atoms with Crippen LogP contribution >= 0.6 is 0 Å². The molecule has 19 heavy (non-hydrogen) atoms. The topological polar surface area (TPSA) is 0 Å². The van der Waals surface area contributed by atoms with E-state index < -0.39 is 0 Å². The number of rotatable bonds is 0. The molecule has 3 aromatic rings. The van der Waals surface area contributed by atoms with E-state index in [1.807, 2.05) is 0 Å². The second-order valence-electron chi connectivity index (χ2n) is 5.65. The molecule has 0 fully saturated rings. The first-order valence-corrected chi connectivity index (χ1v) is 6.66. The van der Waals surface area contributed by atoms with Gasteiger partial charge in [-0.1, -0.05) is 42.5 Å². The van der Waals surface area contributed by atoms with Gasteiger partial charge in [0, 0.05) is 23.3 Å². The van der Waals surface area contributed by atoms with Crippen LogP contribution < -0.4 is 4.48 Å². The minimum atomic E-state index is 0.810. The van der Waals surface area contributed by atoms with Crippen LogP contribution in [0.3, 0.4) is 0 Å². The first-order valence-electron chi connectivity index (χ1n) is 6.66. The van der Waals surface area contributed by atoms with Gasteiger partial charge in [0.15, 0.2) is 0 Å². The highest BCUT2D eigenvalue weighted by Crippen LogP contribution is 2.49. The van der Waals surface area contributed by atoms with Crippen molar-refractivity contribution in [3.05, 3.63) is 60.7 Å². The predicted octanol–water partition coefficient (Wildman–Crippen LogP) is 4.72. The quantitative estimate of drug-likeness (QED) is 0.503. The van der Waals surface area contributed by atoms with Gasteiger partial charge in [0.05, 0.1) is 19.5 Å². The number of hydrogen-bond donors (Lipinski definition) is 0. The SMILES string of the molecule is C[N+]1(C)c2ccccc2-c2cccc3cccc1c23. The molecule has 0 unspecified atom stereocenters. The van der Waals surface area contributed by atoms with E-state index in [1.165, 1.54) is 33.3 Å². The highest BCUT2D eigenvalue weighted by molar-refractivity contribution is 6.10. The molecule has 3 aromatic carbocycles. The van der Waals surface area contributed by atoms with Crippen LogP contribution in [-0.2, 0) is 0 Å². The normalized spacial score (nSPS) is 15.3. The van der Waals surface area contributed by atoms with Crippen molar-refractivity contribution >= 4 is 22.1 Å². The second-order valence-corrected chi connectivity index (χ2v) is 5.65. The van der Waals surface area contributed by atoms with E-state index in [2.05, 4.69) is 74.8 Å². The zero-order valence-corrected chi connectivity index (χ0v) is 11.2. The Morgan fingerprint density at radius 3 is 2.11 bits per heavy atom. The number of quaternary nitrogens is 1. The van der Waals surface area contributed by atoms with E-state index in [4.69, 9.17) is 0 Å². The Morgan fingerprint density at radius 2 is 1.26 bits per heavy atom. The second kappa shape index (κ2) is 3.46. The third-order valence-corrected chi connectivity index (χ3v) is 4.28. The minimum Gasteiger partial charge on any atom is -0.263 e. The van der Waals surface area contributed by atoms with Crippen molar-refractivity contribution in [2.75, 3.05) is 14.1 Å². The number of benzene rings is 3. The molecule has 0 bridgehead atoms. The van der Waals surface area contributed by atoms with Crippen LogP contribution in [0.15, 0.2) is 60.7 Å². The number of fused-ring (bicyclic) bond motifs is 2. The molecule has 0 saturated heterocycles. The lowest BCUT2D eigenvalue weighted by Crippen LogP contribution is -2.36. The van der Waals surface area contributed by atoms with Gasteiger partial charge in [0.2, 0.25) is 0 Å². The smallest absolute Gasteiger partial charge is 0.146 e. The molecule has 0 spiro atoms. The van der Waals surface area contributed by atoms with Crippen LogP contribution in [0.25, 0.3) is 21.9 Å². The molecular formula is C18H16N+. The zero-order chi connectivity index (χ0) is 13.0. The summed E-state index contributed by atoms with van der Waals surface area (Å²) in [7, 11) is 4.53. The molecule has 0 atom stereocenters. The standard InChI is InChI=1S/C18H16N/c1-19(2)16-11-4-3-9-14(16)15-10-5-7-13-8-6-12-17(19)18(13)15/h3-12H,1-2H3/q+1. The molecule has 4 rings (SSSR count). The molecule has 92 valence electrons. The van der Waals surface area contributed by atoms with Gasteiger partial charge in [-0.3, -0.25) is 4.48 Å². The maximum atomic E-state index is 2.27. The van der Waals surface area contributed by atoms with Crippen molar-refractivity contribution in [3.8, 4) is 11.1 Å². The van der Waals surface area contributed by atoms with Crippen LogP contribution in [0.2, 0.25) is 0 Å². The number of hydrogen-bond acceptors (Lipinski definition) is 0. The van der Waals surface area contributed by atoms with Gasteiger partial charge < -0.3 is 0 Å². The van der Waals surface area contributed by atoms with Crippen LogP contribution in [-0.4, -0.2) is 14.1 Å². The fourth-order valence-electron chi connectivity index (χ4n) is 3.33. The van der Waals surface area contributed by atoms with Gasteiger partial charge in [0.25, 0.3) is 0 Å². The summed E-state index contributed by atoms with van der Waals surface area (Å²) in [5, 5.41) is 2.73. The lowest BCUT2D eigenvalue weighted by molar-refractivity contribution is 0.558. The Hall–Kier alpha value is -2.12. The number of nitrogens with zero attached hydrogens (tertiary/aromatic N) is 1. The van der Waals surface area contributed by atoms with Crippen molar-refractivity contribution in [1.82, 2.24) is 4.48 Å². The van der Waals surface area contributed by atoms with Crippen LogP contribution in [0.4, 0.5) is 11.4 Å². The van der Waals surface area contributed by atoms with Crippen LogP contribution in [0.5, 0.6) is 0 Å². The van der Waals surface area contributed by atoms with E-state index in [9.17, 15) is 0 Å². The molecular weight excluding hydrogens is 230 g/mol. The summed E-state index contributed by atoms with van der Waals surface area (Å²) in [5.74, 6) is 0. The van der Waals surface area contributed by atoms with Crippen molar-refractivity contribution in [2.24, 2.45) is 0 Å². The van der Waals surface area contributed by atoms with E-state index in [0.717, 1.165) is 4.48 Å². The largest absolute Gasteiger partial charge is 0.263 e. The first kappa shape index (κ1) is 10.8. The maximum absolute atomic E-state index is 2.27. The predicted molar refractivity (Wildman–Crippen MR) is 82.7 cm³/mol. The van der Waals surface area contributed by atoms with E-state index in [-0.39, 0.29) is 0 Å². The summed E-state index contributed by atoms with van der Waals surface area (Å²) in [4.78, 5) is 0. The van der Waals surface area contributed by atoms with Gasteiger partial charge in [-0.05, 0) is 11.5 Å². The Bertz CT molecular complexity index is 794. The van der Waals surface area contributed by atoms with Gasteiger partial charge in [-0.15, -0.1) is 0 Å². The fraction of sp³-hybridized carbons (Fsp3) is 0.111. The summed E-state index contributed by atoms with van der Waals surface area (Å²) < 4.78 is 0.810. The molecule has 0 radical (unpaired) electrons. The first-order chi connectivity index (χ1) is 9.19. The molecule has 1 nitrogen and oxygen atoms in total. The molecule has 1 aliphatic heterocycles. The number of para-hydroxylation sites is 1. The molecule has 0 saturated carbocycles. The lowest BCUT2D eigenvalue weighted by Gasteiger charge is -2.35. The summed E-state index contributed by atoms with van der Waals surface area (Å²) in [6.07, 6.45) is 0. The van der Waals surface area contributed by atoms with Crippen molar-refractivity contribution in [1.29, 1.82) is 0 Å². The third-order valence-electron chi connectivity index (χ3n) is 4.28. The third kappa shape index (κ3) is 1.28. The minimum absolute atomic E-state index is 0.810. The van der Waals surface area contributed by atoms with Gasteiger partial charge >= 0.3 is 0 Å². The van der Waals surface area contributed by atoms with E-state index >= 15 is 0 Å². The molecule has 0 aliphatic carbocycles. The lowest BCUT2D eigenvalue weighted by atomic mass is 9.90. The molecule has 1 aliphatic rings. The van der Waals surface area contributed by atoms with Gasteiger partial charge in [-0.2, -0.15) is 0 Å². The molecule has 1 heterocycles. The Kier molecular flexibility index (Phi) is 1.96. The van der Waals surface area contributed by atoms with Crippen molar-refractivity contribution in [3.63, 3.8) is 0 Å².